The molecule has 0 saturated carbocycles. The number of carbonyl (C=O) groups is 3. The van der Waals surface area contributed by atoms with Gasteiger partial charge in [-0.2, -0.15) is 0 Å². The zero-order chi connectivity index (χ0) is 24.4. The number of methoxy groups -OCH3 is 1. The van der Waals surface area contributed by atoms with Gasteiger partial charge >= 0.3 is 5.97 Å². The predicted molar refractivity (Wildman–Crippen MR) is 120 cm³/mol. The number of hydrogen-bond donors (Lipinski definition) is 3. The van der Waals surface area contributed by atoms with E-state index in [1.165, 1.54) is 32.2 Å². The van der Waals surface area contributed by atoms with Gasteiger partial charge in [-0.05, 0) is 37.3 Å². The first-order valence-corrected chi connectivity index (χ1v) is 10.0. The fraction of sp³-hybridized carbons (Fsp3) is 0.261. The van der Waals surface area contributed by atoms with Crippen molar-refractivity contribution in [2.24, 2.45) is 10.2 Å². The molecule has 0 aliphatic heterocycles. The lowest BCUT2D eigenvalue weighted by Crippen LogP contribution is -2.16. The molecular weight excluding hydrogens is 430 g/mol. The van der Waals surface area contributed by atoms with Crippen molar-refractivity contribution in [3.63, 3.8) is 0 Å². The van der Waals surface area contributed by atoms with E-state index in [9.17, 15) is 19.5 Å². The Kier molecular flexibility index (Phi) is 9.25. The summed E-state index contributed by atoms with van der Waals surface area (Å²) in [6, 6.07) is 10.7. The Labute approximate surface area is 190 Å². The number of carbonyl (C=O) groups excluding carboxylic acids is 3. The van der Waals surface area contributed by atoms with Gasteiger partial charge in [-0.1, -0.05) is 19.1 Å². The quantitative estimate of drug-likeness (QED) is 0.162. The van der Waals surface area contributed by atoms with Crippen molar-refractivity contribution < 1.29 is 34.1 Å². The lowest BCUT2D eigenvalue weighted by atomic mass is 10.0. The third kappa shape index (κ3) is 6.71. The number of aliphatic hydroxyl groups is 2. The molecule has 0 bridgehead atoms. The zero-order valence-electron chi connectivity index (χ0n) is 18.5. The Morgan fingerprint density at radius 3 is 2.48 bits per heavy atom. The molecule has 0 unspecified atom stereocenters. The minimum Gasteiger partial charge on any atom is -0.510 e. The molecule has 3 N–H and O–H groups in total. The Bertz CT molecular complexity index is 1090. The first kappa shape index (κ1) is 25.2. The van der Waals surface area contributed by atoms with Gasteiger partial charge in [0.2, 0.25) is 0 Å². The smallest absolute Gasteiger partial charge is 0.337 e. The number of nitrogens with one attached hydrogen (secondary N) is 1. The topological polar surface area (TPSA) is 147 Å². The van der Waals surface area contributed by atoms with Gasteiger partial charge in [-0.25, -0.2) is 4.79 Å². The largest absolute Gasteiger partial charge is 0.510 e. The van der Waals surface area contributed by atoms with Gasteiger partial charge in [0.05, 0.1) is 30.7 Å². The fourth-order valence-electron chi connectivity index (χ4n) is 2.70. The second-order valence-corrected chi connectivity index (χ2v) is 6.66. The van der Waals surface area contributed by atoms with Gasteiger partial charge < -0.3 is 25.0 Å². The molecule has 1 amide bonds. The molecule has 0 spiro atoms. The lowest BCUT2D eigenvalue weighted by molar-refractivity contribution is -0.113. The molecule has 174 valence electrons. The first-order chi connectivity index (χ1) is 15.8. The number of rotatable bonds is 10. The number of ketones is 1. The molecular formula is C23H25N3O7. The number of aliphatic hydroxyl groups excluding tert-OH is 2. The van der Waals surface area contributed by atoms with Crippen molar-refractivity contribution in [3.8, 4) is 5.75 Å². The van der Waals surface area contributed by atoms with Gasteiger partial charge in [-0.15, -0.1) is 10.2 Å². The number of nitrogens with zero attached hydrogens (tertiary/aromatic N) is 2. The van der Waals surface area contributed by atoms with Crippen LogP contribution in [0.2, 0.25) is 0 Å². The summed E-state index contributed by atoms with van der Waals surface area (Å²) in [5, 5.41) is 29.3. The average molecular weight is 455 g/mol. The standard InChI is InChI=1S/C23H25N3O7/c1-4-19(29)16-10-9-15(23(31)32-3)13-18(16)25-26-21(14(2)28)22(30)24-17-7-5-6-8-20(17)33-12-11-27/h5-10,13,27-28H,4,11-12H2,1-3H3,(H,24,30). The molecule has 2 rings (SSSR count). The highest BCUT2D eigenvalue weighted by Gasteiger charge is 2.18. The van der Waals surface area contributed by atoms with Gasteiger partial charge in [0.25, 0.3) is 5.91 Å². The van der Waals surface area contributed by atoms with E-state index in [0.717, 1.165) is 0 Å². The van der Waals surface area contributed by atoms with Crippen LogP contribution < -0.4 is 10.1 Å². The lowest BCUT2D eigenvalue weighted by Gasteiger charge is -2.12. The van der Waals surface area contributed by atoms with Crippen molar-refractivity contribution in [3.05, 3.63) is 65.0 Å². The number of amides is 1. The van der Waals surface area contributed by atoms with Crippen molar-refractivity contribution in [2.45, 2.75) is 20.3 Å². The van der Waals surface area contributed by atoms with E-state index in [1.54, 1.807) is 31.2 Å². The van der Waals surface area contributed by atoms with E-state index < -0.39 is 23.3 Å². The molecule has 10 heteroatoms. The molecule has 2 aromatic rings. The number of anilines is 1. The molecule has 0 atom stereocenters. The van der Waals surface area contributed by atoms with Crippen molar-refractivity contribution in [1.29, 1.82) is 0 Å². The van der Waals surface area contributed by atoms with Gasteiger partial charge in [-0.3, -0.25) is 9.59 Å². The molecule has 0 aliphatic carbocycles. The summed E-state index contributed by atoms with van der Waals surface area (Å²) in [6.45, 7) is 2.75. The zero-order valence-corrected chi connectivity index (χ0v) is 18.5. The van der Waals surface area contributed by atoms with Crippen LogP contribution in [0.25, 0.3) is 0 Å². The minimum absolute atomic E-state index is 0.0269. The number of hydrogen-bond acceptors (Lipinski definition) is 9. The third-order valence-electron chi connectivity index (χ3n) is 4.34. The number of Topliss-reactive ketones (excluding diaryl/α,β-unsaturated/α-hetero) is 1. The van der Waals surface area contributed by atoms with Crippen LogP contribution >= 0.6 is 0 Å². The van der Waals surface area contributed by atoms with Crippen LogP contribution in [-0.4, -0.2) is 48.2 Å². The van der Waals surface area contributed by atoms with Gasteiger partial charge in [0, 0.05) is 12.0 Å². The fourth-order valence-corrected chi connectivity index (χ4v) is 2.70. The van der Waals surface area contributed by atoms with Crippen molar-refractivity contribution in [1.82, 2.24) is 0 Å². The van der Waals surface area contributed by atoms with E-state index >= 15 is 0 Å². The summed E-state index contributed by atoms with van der Waals surface area (Å²) < 4.78 is 10.1. The summed E-state index contributed by atoms with van der Waals surface area (Å²) in [5.74, 6) is -1.77. The van der Waals surface area contributed by atoms with Crippen LogP contribution in [0.15, 0.2) is 64.1 Å². The Hall–Kier alpha value is -4.05. The highest BCUT2D eigenvalue weighted by atomic mass is 16.5. The maximum atomic E-state index is 12.8. The first-order valence-electron chi connectivity index (χ1n) is 10.0. The van der Waals surface area contributed by atoms with Gasteiger partial charge in [0.15, 0.2) is 11.5 Å². The van der Waals surface area contributed by atoms with E-state index in [-0.39, 0.29) is 42.2 Å². The Morgan fingerprint density at radius 1 is 1.12 bits per heavy atom. The second-order valence-electron chi connectivity index (χ2n) is 6.66. The van der Waals surface area contributed by atoms with Crippen molar-refractivity contribution in [2.75, 3.05) is 25.6 Å². The number of allylic oxidation sites excluding steroid dienone is 1. The summed E-state index contributed by atoms with van der Waals surface area (Å²) >= 11 is 0. The number of ether oxygens (including phenoxy) is 2. The Balaban J connectivity index is 2.38. The van der Waals surface area contributed by atoms with Crippen LogP contribution in [0.5, 0.6) is 5.75 Å². The highest BCUT2D eigenvalue weighted by molar-refractivity contribution is 6.05. The van der Waals surface area contributed by atoms with E-state index in [1.807, 2.05) is 0 Å². The molecule has 0 radical (unpaired) electrons. The van der Waals surface area contributed by atoms with E-state index in [4.69, 9.17) is 9.84 Å². The molecule has 0 aliphatic rings. The monoisotopic (exact) mass is 455 g/mol. The summed E-state index contributed by atoms with van der Waals surface area (Å²) in [7, 11) is 1.22. The second kappa shape index (κ2) is 12.1. The van der Waals surface area contributed by atoms with E-state index in [0.29, 0.717) is 11.4 Å². The SMILES string of the molecule is CCC(=O)c1ccc(C(=O)OC)cc1N=NC(C(=O)Nc1ccccc1OCCO)=C(C)O. The maximum absolute atomic E-state index is 12.8. The molecule has 0 saturated heterocycles. The molecule has 2 aromatic carbocycles. The summed E-state index contributed by atoms with van der Waals surface area (Å²) in [5.41, 5.74) is 0.268. The van der Waals surface area contributed by atoms with Crippen LogP contribution in [0, 0.1) is 0 Å². The average Bonchev–Trinajstić information content (AvgIpc) is 2.82. The molecule has 33 heavy (non-hydrogen) atoms. The minimum atomic E-state index is -0.786. The maximum Gasteiger partial charge on any atom is 0.337 e. The van der Waals surface area contributed by atoms with Crippen molar-refractivity contribution >= 4 is 29.0 Å². The highest BCUT2D eigenvalue weighted by Crippen LogP contribution is 2.27. The van der Waals surface area contributed by atoms with E-state index in [2.05, 4.69) is 20.3 Å². The normalized spacial score (nSPS) is 11.6. The third-order valence-corrected chi connectivity index (χ3v) is 4.34. The Morgan fingerprint density at radius 2 is 1.85 bits per heavy atom. The van der Waals surface area contributed by atoms with Crippen LogP contribution in [0.1, 0.15) is 41.0 Å². The molecule has 0 fully saturated rings. The van der Waals surface area contributed by atoms with Gasteiger partial charge in [0.1, 0.15) is 18.1 Å². The molecule has 0 heterocycles. The van der Waals surface area contributed by atoms with Crippen LogP contribution in [0.4, 0.5) is 11.4 Å². The number of para-hydroxylation sites is 2. The molecule has 0 aromatic heterocycles. The number of azo groups is 1. The summed E-state index contributed by atoms with van der Waals surface area (Å²) in [4.78, 5) is 36.9. The molecule has 10 nitrogen and oxygen atoms in total. The van der Waals surface area contributed by atoms with Crippen LogP contribution in [-0.2, 0) is 9.53 Å². The summed E-state index contributed by atoms with van der Waals surface area (Å²) in [6.07, 6.45) is 0.187. The van der Waals surface area contributed by atoms with Crippen LogP contribution in [0.3, 0.4) is 0 Å². The number of benzene rings is 2. The predicted octanol–water partition coefficient (Wildman–Crippen LogP) is 3.95. The number of esters is 1.